The lowest BCUT2D eigenvalue weighted by Crippen LogP contribution is -2.59. The third kappa shape index (κ3) is 6.13. The van der Waals surface area contributed by atoms with Crippen molar-refractivity contribution >= 4 is 50.1 Å². The highest BCUT2D eigenvalue weighted by molar-refractivity contribution is 7.91. The zero-order valence-corrected chi connectivity index (χ0v) is 27.6. The van der Waals surface area contributed by atoms with Crippen molar-refractivity contribution in [1.82, 2.24) is 24.9 Å². The van der Waals surface area contributed by atoms with Gasteiger partial charge in [-0.25, -0.2) is 18.4 Å². The highest BCUT2D eigenvalue weighted by atomic mass is 32.2. The SMILES string of the molecule is C=CC1C[C@]1(NC(=O)[C@@H]1C[C@@H](Oc2nc3ccccc3nc2-c2cccs2)CN1C(=O)[C@@H](N)C(C)(C)C)C(=O)NS(=O)(=O)C1CC1. The summed E-state index contributed by atoms with van der Waals surface area (Å²) in [5, 5.41) is 4.11. The van der Waals surface area contributed by atoms with Crippen molar-refractivity contribution in [3.63, 3.8) is 0 Å². The molecule has 2 aromatic heterocycles. The van der Waals surface area contributed by atoms with Crippen molar-refractivity contribution in [3.8, 4) is 16.5 Å². The van der Waals surface area contributed by atoms with Crippen LogP contribution in [0.2, 0.25) is 0 Å². The molecule has 244 valence electrons. The van der Waals surface area contributed by atoms with Crippen LogP contribution in [-0.4, -0.2) is 76.5 Å². The summed E-state index contributed by atoms with van der Waals surface area (Å²) in [6, 6.07) is 9.28. The van der Waals surface area contributed by atoms with E-state index >= 15 is 0 Å². The molecule has 14 heteroatoms. The lowest BCUT2D eigenvalue weighted by Gasteiger charge is -2.33. The summed E-state index contributed by atoms with van der Waals surface area (Å²) >= 11 is 1.49. The summed E-state index contributed by atoms with van der Waals surface area (Å²) in [6.07, 6.45) is 2.11. The van der Waals surface area contributed by atoms with Crippen LogP contribution in [0, 0.1) is 11.3 Å². The van der Waals surface area contributed by atoms with Gasteiger partial charge in [-0.15, -0.1) is 17.9 Å². The number of benzene rings is 1. The zero-order valence-electron chi connectivity index (χ0n) is 25.9. The number of amides is 3. The topological polar surface area (TPSA) is 174 Å². The summed E-state index contributed by atoms with van der Waals surface area (Å²) in [4.78, 5) is 52.9. The Bertz CT molecular complexity index is 1800. The van der Waals surface area contributed by atoms with Crippen molar-refractivity contribution in [2.75, 3.05) is 6.54 Å². The molecular formula is C32H38N6O6S2. The van der Waals surface area contributed by atoms with Crippen LogP contribution in [0.5, 0.6) is 5.88 Å². The van der Waals surface area contributed by atoms with Gasteiger partial charge in [-0.3, -0.25) is 19.1 Å². The number of likely N-dealkylation sites (tertiary alicyclic amines) is 1. The Balaban J connectivity index is 1.29. The minimum Gasteiger partial charge on any atom is -0.471 e. The van der Waals surface area contributed by atoms with E-state index in [1.165, 1.54) is 22.3 Å². The number of fused-ring (bicyclic) bond motifs is 1. The number of rotatable bonds is 10. The molecular weight excluding hydrogens is 629 g/mol. The van der Waals surface area contributed by atoms with Gasteiger partial charge in [0, 0.05) is 12.3 Å². The normalized spacial score (nSPS) is 25.1. The molecule has 3 heterocycles. The zero-order chi connectivity index (χ0) is 33.0. The van der Waals surface area contributed by atoms with E-state index in [1.807, 2.05) is 62.5 Å². The molecule has 1 unspecified atom stereocenters. The van der Waals surface area contributed by atoms with Crippen molar-refractivity contribution in [1.29, 1.82) is 0 Å². The molecule has 12 nitrogen and oxygen atoms in total. The minimum absolute atomic E-state index is 0.0409. The molecule has 4 N–H and O–H groups in total. The number of aromatic nitrogens is 2. The third-order valence-electron chi connectivity index (χ3n) is 8.87. The molecule has 3 amide bonds. The van der Waals surface area contributed by atoms with Gasteiger partial charge in [-0.1, -0.05) is 45.0 Å². The number of carbonyl (C=O) groups is 3. The predicted octanol–water partition coefficient (Wildman–Crippen LogP) is 2.75. The van der Waals surface area contributed by atoms with Crippen molar-refractivity contribution in [2.45, 2.75) is 75.4 Å². The summed E-state index contributed by atoms with van der Waals surface area (Å²) in [7, 11) is -3.85. The molecule has 2 aliphatic carbocycles. The molecule has 2 saturated carbocycles. The maximum atomic E-state index is 14.0. The Labute approximate surface area is 271 Å². The van der Waals surface area contributed by atoms with Crippen molar-refractivity contribution < 1.29 is 27.5 Å². The van der Waals surface area contributed by atoms with Crippen LogP contribution >= 0.6 is 11.3 Å². The average molecular weight is 667 g/mol. The first-order valence-corrected chi connectivity index (χ1v) is 17.7. The van der Waals surface area contributed by atoms with Crippen molar-refractivity contribution in [2.24, 2.45) is 17.1 Å². The third-order valence-corrected chi connectivity index (χ3v) is 11.6. The molecule has 3 aliphatic rings. The van der Waals surface area contributed by atoms with Crippen LogP contribution in [0.1, 0.15) is 46.5 Å². The van der Waals surface area contributed by atoms with E-state index in [0.717, 1.165) is 4.88 Å². The Morgan fingerprint density at radius 2 is 1.85 bits per heavy atom. The molecule has 5 atom stereocenters. The van der Waals surface area contributed by atoms with Gasteiger partial charge in [-0.2, -0.15) is 0 Å². The highest BCUT2D eigenvalue weighted by Gasteiger charge is 2.62. The lowest BCUT2D eigenvalue weighted by atomic mass is 9.86. The standard InChI is InChI=1S/C32H38N6O6S2/c1-5-18-16-32(18,30(41)37-46(42,43)20-12-13-20)36-27(39)23-15-19(17-38(23)29(40)26(33)31(2,3)4)44-28-25(24-11-8-14-45-24)34-21-9-6-7-10-22(21)35-28/h5-11,14,18-20,23,26H,1,12-13,15-17,33H2,2-4H3,(H,36,39)(H,37,41)/t18?,19-,23+,26-,32-/m1/s1. The van der Waals surface area contributed by atoms with E-state index in [0.29, 0.717) is 29.6 Å². The van der Waals surface area contributed by atoms with E-state index in [1.54, 1.807) is 0 Å². The molecule has 0 spiro atoms. The summed E-state index contributed by atoms with van der Waals surface area (Å²) in [5.74, 6) is -2.05. The molecule has 1 aliphatic heterocycles. The van der Waals surface area contributed by atoms with Crippen LogP contribution in [0.4, 0.5) is 0 Å². The van der Waals surface area contributed by atoms with Crippen LogP contribution in [0.25, 0.3) is 21.6 Å². The molecule has 1 saturated heterocycles. The first kappa shape index (κ1) is 32.1. The van der Waals surface area contributed by atoms with Crippen LogP contribution in [0.15, 0.2) is 54.4 Å². The monoisotopic (exact) mass is 666 g/mol. The predicted molar refractivity (Wildman–Crippen MR) is 174 cm³/mol. The van der Waals surface area contributed by atoms with Gasteiger partial charge in [0.1, 0.15) is 23.4 Å². The molecule has 46 heavy (non-hydrogen) atoms. The van der Waals surface area contributed by atoms with Crippen LogP contribution in [-0.2, 0) is 24.4 Å². The number of para-hydroxylation sites is 2. The Hall–Kier alpha value is -3.88. The second kappa shape index (κ2) is 11.7. The number of ether oxygens (including phenoxy) is 1. The number of hydrogen-bond donors (Lipinski definition) is 3. The Kier molecular flexibility index (Phi) is 8.18. The van der Waals surface area contributed by atoms with Gasteiger partial charge in [-0.05, 0) is 48.3 Å². The fraction of sp³-hybridized carbons (Fsp3) is 0.469. The number of nitrogens with one attached hydrogen (secondary N) is 2. The Morgan fingerprint density at radius 3 is 2.43 bits per heavy atom. The van der Waals surface area contributed by atoms with Gasteiger partial charge in [0.2, 0.25) is 27.7 Å². The second-order valence-corrected chi connectivity index (χ2v) is 16.3. The minimum atomic E-state index is -3.85. The van der Waals surface area contributed by atoms with E-state index < -0.39 is 68.1 Å². The van der Waals surface area contributed by atoms with E-state index in [-0.39, 0.29) is 25.3 Å². The van der Waals surface area contributed by atoms with Crippen molar-refractivity contribution in [3.05, 3.63) is 54.4 Å². The molecule has 1 aromatic carbocycles. The quantitative estimate of drug-likeness (QED) is 0.275. The highest BCUT2D eigenvalue weighted by Crippen LogP contribution is 2.45. The van der Waals surface area contributed by atoms with Crippen LogP contribution < -0.4 is 20.5 Å². The number of thiophene rings is 1. The first-order chi connectivity index (χ1) is 21.7. The largest absolute Gasteiger partial charge is 0.471 e. The van der Waals surface area contributed by atoms with Gasteiger partial charge in [0.25, 0.3) is 5.91 Å². The van der Waals surface area contributed by atoms with E-state index in [9.17, 15) is 22.8 Å². The molecule has 0 bridgehead atoms. The molecule has 3 aromatic rings. The smallest absolute Gasteiger partial charge is 0.259 e. The van der Waals surface area contributed by atoms with Gasteiger partial charge in [0.15, 0.2) is 0 Å². The fourth-order valence-electron chi connectivity index (χ4n) is 5.74. The second-order valence-electron chi connectivity index (χ2n) is 13.4. The number of sulfonamides is 1. The van der Waals surface area contributed by atoms with Crippen LogP contribution in [0.3, 0.4) is 0 Å². The first-order valence-electron chi connectivity index (χ1n) is 15.3. The van der Waals surface area contributed by atoms with Gasteiger partial charge >= 0.3 is 0 Å². The number of hydrogen-bond acceptors (Lipinski definition) is 10. The molecule has 6 rings (SSSR count). The van der Waals surface area contributed by atoms with Gasteiger partial charge < -0.3 is 20.7 Å². The summed E-state index contributed by atoms with van der Waals surface area (Å²) in [5.41, 5.74) is 6.18. The number of nitrogens with two attached hydrogens (primary N) is 1. The maximum absolute atomic E-state index is 14.0. The van der Waals surface area contributed by atoms with E-state index in [4.69, 9.17) is 20.4 Å². The Morgan fingerprint density at radius 1 is 1.15 bits per heavy atom. The number of carbonyl (C=O) groups excluding carboxylic acids is 3. The average Bonchev–Trinajstić information content (AvgIpc) is 3.88. The fourth-order valence-corrected chi connectivity index (χ4v) is 7.81. The maximum Gasteiger partial charge on any atom is 0.259 e. The van der Waals surface area contributed by atoms with E-state index in [2.05, 4.69) is 16.6 Å². The lowest BCUT2D eigenvalue weighted by molar-refractivity contribution is -0.142. The molecule has 0 radical (unpaired) electrons. The number of nitrogens with zero attached hydrogens (tertiary/aromatic N) is 3. The van der Waals surface area contributed by atoms with Gasteiger partial charge in [0.05, 0.1) is 33.7 Å². The summed E-state index contributed by atoms with van der Waals surface area (Å²) in [6.45, 7) is 9.31. The summed E-state index contributed by atoms with van der Waals surface area (Å²) < 4.78 is 33.7. The molecule has 3 fully saturated rings.